The molecule has 0 aliphatic carbocycles. The number of hydrogen-bond acceptors (Lipinski definition) is 4. The van der Waals surface area contributed by atoms with Gasteiger partial charge in [-0.2, -0.15) is 0 Å². The molecule has 1 aromatic heterocycles. The Bertz CT molecular complexity index is 866. The molecule has 3 rings (SSSR count). The van der Waals surface area contributed by atoms with Gasteiger partial charge in [0.15, 0.2) is 0 Å². The zero-order valence-corrected chi connectivity index (χ0v) is 14.5. The van der Waals surface area contributed by atoms with Crippen LogP contribution in [0.15, 0.2) is 72.9 Å². The molecule has 0 bridgehead atoms. The van der Waals surface area contributed by atoms with Crippen LogP contribution in [0.4, 0.5) is 0 Å². The molecule has 0 radical (unpaired) electrons. The summed E-state index contributed by atoms with van der Waals surface area (Å²) in [4.78, 5) is 16.6. The normalized spacial score (nSPS) is 10.2. The lowest BCUT2D eigenvalue weighted by Gasteiger charge is -2.11. The van der Waals surface area contributed by atoms with Crippen LogP contribution in [0.5, 0.6) is 17.4 Å². The van der Waals surface area contributed by atoms with Gasteiger partial charge in [-0.25, -0.2) is 4.98 Å². The van der Waals surface area contributed by atoms with Gasteiger partial charge in [-0.15, -0.1) is 0 Å². The van der Waals surface area contributed by atoms with E-state index in [1.165, 1.54) is 0 Å². The van der Waals surface area contributed by atoms with Gasteiger partial charge < -0.3 is 14.8 Å². The number of pyridine rings is 1. The minimum Gasteiger partial charge on any atom is -0.493 e. The number of nitrogens with zero attached hydrogens (tertiary/aromatic N) is 1. The molecule has 132 valence electrons. The molecule has 0 unspecified atom stereocenters. The lowest BCUT2D eigenvalue weighted by molar-refractivity contribution is 0.0947. The summed E-state index contributed by atoms with van der Waals surface area (Å²) in [6, 6.07) is 20.2. The van der Waals surface area contributed by atoms with Crippen molar-refractivity contribution in [3.63, 3.8) is 0 Å². The molecule has 0 aliphatic rings. The smallest absolute Gasteiger partial charge is 0.255 e. The first-order valence-electron chi connectivity index (χ1n) is 8.44. The Balaban J connectivity index is 1.65. The Kier molecular flexibility index (Phi) is 5.83. The average molecular weight is 348 g/mol. The van der Waals surface area contributed by atoms with Crippen LogP contribution in [0.25, 0.3) is 0 Å². The van der Waals surface area contributed by atoms with Crippen molar-refractivity contribution in [1.82, 2.24) is 10.3 Å². The van der Waals surface area contributed by atoms with Crippen molar-refractivity contribution in [1.29, 1.82) is 0 Å². The van der Waals surface area contributed by atoms with Gasteiger partial charge in [-0.05, 0) is 42.8 Å². The van der Waals surface area contributed by atoms with E-state index < -0.39 is 0 Å². The van der Waals surface area contributed by atoms with Gasteiger partial charge in [0.1, 0.15) is 11.5 Å². The number of ether oxygens (including phenoxy) is 2. The van der Waals surface area contributed by atoms with E-state index in [2.05, 4.69) is 10.3 Å². The number of nitrogens with one attached hydrogen (secondary N) is 1. The van der Waals surface area contributed by atoms with Crippen molar-refractivity contribution in [3.05, 3.63) is 84.1 Å². The van der Waals surface area contributed by atoms with Crippen LogP contribution in [0.3, 0.4) is 0 Å². The van der Waals surface area contributed by atoms with Crippen LogP contribution in [0.2, 0.25) is 0 Å². The van der Waals surface area contributed by atoms with Gasteiger partial charge in [0, 0.05) is 18.8 Å². The van der Waals surface area contributed by atoms with E-state index in [0.29, 0.717) is 36.1 Å². The minimum absolute atomic E-state index is 0.176. The number of para-hydroxylation sites is 1. The molecule has 3 aromatic rings. The summed E-state index contributed by atoms with van der Waals surface area (Å²) in [6.45, 7) is 2.79. The number of aromatic nitrogens is 1. The van der Waals surface area contributed by atoms with Crippen LogP contribution in [0, 0.1) is 0 Å². The molecule has 0 aliphatic heterocycles. The first-order valence-corrected chi connectivity index (χ1v) is 8.44. The van der Waals surface area contributed by atoms with Gasteiger partial charge in [-0.1, -0.05) is 30.3 Å². The van der Waals surface area contributed by atoms with Gasteiger partial charge in [-0.3, -0.25) is 4.79 Å². The standard InChI is InChI=1S/C21H20N2O3/c1-2-25-19-11-4-3-10-18(19)21(24)23-15-16-8-7-9-17(14-16)26-20-12-5-6-13-22-20/h3-14H,2,15H2,1H3,(H,23,24). The quantitative estimate of drug-likeness (QED) is 0.695. The minimum atomic E-state index is -0.176. The topological polar surface area (TPSA) is 60.5 Å². The molecule has 0 spiro atoms. The Hall–Kier alpha value is -3.34. The molecule has 0 fully saturated rings. The molecule has 1 amide bonds. The van der Waals surface area contributed by atoms with Gasteiger partial charge in [0.05, 0.1) is 12.2 Å². The summed E-state index contributed by atoms with van der Waals surface area (Å²) < 4.78 is 11.2. The number of benzene rings is 2. The predicted molar refractivity (Wildman–Crippen MR) is 99.5 cm³/mol. The highest BCUT2D eigenvalue weighted by Crippen LogP contribution is 2.21. The van der Waals surface area contributed by atoms with E-state index in [4.69, 9.17) is 9.47 Å². The molecule has 0 saturated heterocycles. The van der Waals surface area contributed by atoms with Crippen molar-refractivity contribution in [2.45, 2.75) is 13.5 Å². The van der Waals surface area contributed by atoms with E-state index in [-0.39, 0.29) is 5.91 Å². The van der Waals surface area contributed by atoms with E-state index in [1.807, 2.05) is 55.5 Å². The van der Waals surface area contributed by atoms with Crippen molar-refractivity contribution < 1.29 is 14.3 Å². The lowest BCUT2D eigenvalue weighted by Crippen LogP contribution is -2.23. The SMILES string of the molecule is CCOc1ccccc1C(=O)NCc1cccc(Oc2ccccn2)c1. The van der Waals surface area contributed by atoms with Crippen molar-refractivity contribution >= 4 is 5.91 Å². The fourth-order valence-corrected chi connectivity index (χ4v) is 2.46. The fraction of sp³-hybridized carbons (Fsp3) is 0.143. The Morgan fingerprint density at radius 1 is 1.04 bits per heavy atom. The maximum absolute atomic E-state index is 12.5. The van der Waals surface area contributed by atoms with Crippen molar-refractivity contribution in [2.24, 2.45) is 0 Å². The Labute approximate surface area is 152 Å². The van der Waals surface area contributed by atoms with E-state index in [0.717, 1.165) is 5.56 Å². The molecular formula is C21H20N2O3. The summed E-state index contributed by atoms with van der Waals surface area (Å²) in [7, 11) is 0. The molecule has 5 heteroatoms. The van der Waals surface area contributed by atoms with Crippen LogP contribution in [-0.2, 0) is 6.54 Å². The third kappa shape index (κ3) is 4.60. The molecule has 0 atom stereocenters. The predicted octanol–water partition coefficient (Wildman–Crippen LogP) is 4.20. The molecule has 2 aromatic carbocycles. The second kappa shape index (κ2) is 8.67. The number of hydrogen-bond donors (Lipinski definition) is 1. The van der Waals surface area contributed by atoms with E-state index >= 15 is 0 Å². The van der Waals surface area contributed by atoms with E-state index in [9.17, 15) is 4.79 Å². The number of amides is 1. The largest absolute Gasteiger partial charge is 0.493 e. The maximum Gasteiger partial charge on any atom is 0.255 e. The van der Waals surface area contributed by atoms with Crippen LogP contribution in [-0.4, -0.2) is 17.5 Å². The molecule has 26 heavy (non-hydrogen) atoms. The highest BCUT2D eigenvalue weighted by molar-refractivity contribution is 5.96. The van der Waals surface area contributed by atoms with Gasteiger partial charge in [0.2, 0.25) is 5.88 Å². The van der Waals surface area contributed by atoms with E-state index in [1.54, 1.807) is 24.4 Å². The highest BCUT2D eigenvalue weighted by atomic mass is 16.5. The highest BCUT2D eigenvalue weighted by Gasteiger charge is 2.11. The second-order valence-electron chi connectivity index (χ2n) is 5.53. The molecule has 0 saturated carbocycles. The second-order valence-corrected chi connectivity index (χ2v) is 5.53. The first-order chi connectivity index (χ1) is 12.8. The third-order valence-corrected chi connectivity index (χ3v) is 3.64. The fourth-order valence-electron chi connectivity index (χ4n) is 2.46. The average Bonchev–Trinajstić information content (AvgIpc) is 2.68. The monoisotopic (exact) mass is 348 g/mol. The molecule has 1 N–H and O–H groups in total. The molecule has 5 nitrogen and oxygen atoms in total. The summed E-state index contributed by atoms with van der Waals surface area (Å²) in [5.74, 6) is 1.61. The first kappa shape index (κ1) is 17.5. The molecule has 1 heterocycles. The number of carbonyl (C=O) groups is 1. The molecular weight excluding hydrogens is 328 g/mol. The Morgan fingerprint density at radius 3 is 2.69 bits per heavy atom. The van der Waals surface area contributed by atoms with Gasteiger partial charge in [0.25, 0.3) is 5.91 Å². The summed E-state index contributed by atoms with van der Waals surface area (Å²) >= 11 is 0. The zero-order chi connectivity index (χ0) is 18.2. The maximum atomic E-state index is 12.5. The van der Waals surface area contributed by atoms with Crippen LogP contribution < -0.4 is 14.8 Å². The number of rotatable bonds is 7. The van der Waals surface area contributed by atoms with Crippen molar-refractivity contribution in [3.8, 4) is 17.4 Å². The van der Waals surface area contributed by atoms with Crippen LogP contribution >= 0.6 is 0 Å². The van der Waals surface area contributed by atoms with Gasteiger partial charge >= 0.3 is 0 Å². The Morgan fingerprint density at radius 2 is 1.88 bits per heavy atom. The zero-order valence-electron chi connectivity index (χ0n) is 14.5. The van der Waals surface area contributed by atoms with Crippen LogP contribution in [0.1, 0.15) is 22.8 Å². The summed E-state index contributed by atoms with van der Waals surface area (Å²) in [6.07, 6.45) is 1.68. The third-order valence-electron chi connectivity index (χ3n) is 3.64. The lowest BCUT2D eigenvalue weighted by atomic mass is 10.1. The van der Waals surface area contributed by atoms with Crippen molar-refractivity contribution in [2.75, 3.05) is 6.61 Å². The summed E-state index contributed by atoms with van der Waals surface area (Å²) in [5.41, 5.74) is 1.45. The number of carbonyl (C=O) groups excluding carboxylic acids is 1. The summed E-state index contributed by atoms with van der Waals surface area (Å²) in [5, 5.41) is 2.92.